The highest BCUT2D eigenvalue weighted by atomic mass is 16.2. The van der Waals surface area contributed by atoms with E-state index < -0.39 is 5.41 Å². The van der Waals surface area contributed by atoms with Gasteiger partial charge in [-0.15, -0.1) is 0 Å². The van der Waals surface area contributed by atoms with Gasteiger partial charge >= 0.3 is 0 Å². The van der Waals surface area contributed by atoms with Crippen LogP contribution < -0.4 is 16.0 Å². The van der Waals surface area contributed by atoms with Crippen LogP contribution in [0.5, 0.6) is 0 Å². The molecule has 0 aromatic carbocycles. The van der Waals surface area contributed by atoms with Gasteiger partial charge in [-0.25, -0.2) is 9.97 Å². The van der Waals surface area contributed by atoms with Gasteiger partial charge in [-0.3, -0.25) is 4.79 Å². The number of aromatic nitrogens is 2. The van der Waals surface area contributed by atoms with E-state index in [1.165, 1.54) is 0 Å². The van der Waals surface area contributed by atoms with Crippen LogP contribution in [0.3, 0.4) is 0 Å². The number of anilines is 4. The Kier molecular flexibility index (Phi) is 3.53. The SMILES string of the molecule is N#C[C@@]1(C2CC2)CCN(c2ccnc(Nc3cc(N)ccn3)c2)C1=O. The predicted octanol–water partition coefficient (Wildman–Crippen LogP) is 2.46. The molecule has 7 heteroatoms. The Bertz CT molecular complexity index is 872. The molecule has 2 aromatic rings. The number of carbonyl (C=O) groups is 1. The maximum atomic E-state index is 12.9. The number of rotatable bonds is 4. The number of carbonyl (C=O) groups excluding carboxylic acids is 1. The highest BCUT2D eigenvalue weighted by Crippen LogP contribution is 2.51. The molecule has 1 aliphatic heterocycles. The second-order valence-corrected chi connectivity index (χ2v) is 6.56. The van der Waals surface area contributed by atoms with Crippen LogP contribution in [0.4, 0.5) is 23.0 Å². The third kappa shape index (κ3) is 2.66. The Morgan fingerprint density at radius 1 is 1.24 bits per heavy atom. The summed E-state index contributed by atoms with van der Waals surface area (Å²) in [6, 6.07) is 9.30. The summed E-state index contributed by atoms with van der Waals surface area (Å²) in [4.78, 5) is 23.0. The first-order chi connectivity index (χ1) is 12.1. The minimum Gasteiger partial charge on any atom is -0.399 e. The fourth-order valence-corrected chi connectivity index (χ4v) is 3.44. The molecule has 1 saturated carbocycles. The average Bonchev–Trinajstić information content (AvgIpc) is 3.40. The molecule has 1 atom stereocenters. The first-order valence-corrected chi connectivity index (χ1v) is 8.30. The number of nitrogens with zero attached hydrogens (tertiary/aromatic N) is 4. The van der Waals surface area contributed by atoms with E-state index in [0.717, 1.165) is 18.5 Å². The van der Waals surface area contributed by atoms with Gasteiger partial charge in [-0.1, -0.05) is 0 Å². The molecular weight excluding hydrogens is 316 g/mol. The minimum atomic E-state index is -0.841. The second kappa shape index (κ2) is 5.74. The smallest absolute Gasteiger partial charge is 0.247 e. The fourth-order valence-electron chi connectivity index (χ4n) is 3.44. The van der Waals surface area contributed by atoms with Crippen molar-refractivity contribution in [3.8, 4) is 6.07 Å². The van der Waals surface area contributed by atoms with Crippen molar-refractivity contribution in [2.45, 2.75) is 19.3 Å². The summed E-state index contributed by atoms with van der Waals surface area (Å²) < 4.78 is 0. The molecule has 0 spiro atoms. The number of nitrogen functional groups attached to an aromatic ring is 1. The van der Waals surface area contributed by atoms with E-state index in [1.807, 2.05) is 0 Å². The molecule has 2 aliphatic rings. The second-order valence-electron chi connectivity index (χ2n) is 6.56. The highest BCUT2D eigenvalue weighted by Gasteiger charge is 2.56. The highest BCUT2D eigenvalue weighted by molar-refractivity contribution is 6.02. The molecule has 4 rings (SSSR count). The first-order valence-electron chi connectivity index (χ1n) is 8.30. The van der Waals surface area contributed by atoms with Gasteiger partial charge < -0.3 is 16.0 Å². The Morgan fingerprint density at radius 2 is 1.96 bits per heavy atom. The summed E-state index contributed by atoms with van der Waals surface area (Å²) in [7, 11) is 0. The van der Waals surface area contributed by atoms with Gasteiger partial charge in [-0.05, 0) is 37.3 Å². The zero-order valence-corrected chi connectivity index (χ0v) is 13.6. The zero-order chi connectivity index (χ0) is 17.4. The van der Waals surface area contributed by atoms with Crippen molar-refractivity contribution in [2.75, 3.05) is 22.5 Å². The third-order valence-electron chi connectivity index (χ3n) is 4.93. The molecule has 3 N–H and O–H groups in total. The predicted molar refractivity (Wildman–Crippen MR) is 93.9 cm³/mol. The molecule has 0 radical (unpaired) electrons. The van der Waals surface area contributed by atoms with Crippen LogP contribution in [0.25, 0.3) is 0 Å². The molecule has 25 heavy (non-hydrogen) atoms. The Balaban J connectivity index is 1.58. The number of nitrogens with one attached hydrogen (secondary N) is 1. The van der Waals surface area contributed by atoms with Crippen molar-refractivity contribution in [1.29, 1.82) is 5.26 Å². The van der Waals surface area contributed by atoms with E-state index in [9.17, 15) is 10.1 Å². The lowest BCUT2D eigenvalue weighted by Crippen LogP contribution is -2.35. The minimum absolute atomic E-state index is 0.0864. The number of hydrogen-bond donors (Lipinski definition) is 2. The maximum Gasteiger partial charge on any atom is 0.247 e. The van der Waals surface area contributed by atoms with Gasteiger partial charge in [0.15, 0.2) is 0 Å². The van der Waals surface area contributed by atoms with Crippen molar-refractivity contribution in [1.82, 2.24) is 9.97 Å². The number of nitrogens with two attached hydrogens (primary N) is 1. The van der Waals surface area contributed by atoms with Crippen LogP contribution in [-0.2, 0) is 4.79 Å². The molecule has 126 valence electrons. The van der Waals surface area contributed by atoms with Crippen molar-refractivity contribution in [3.05, 3.63) is 36.7 Å². The topological polar surface area (TPSA) is 108 Å². The van der Waals surface area contributed by atoms with Gasteiger partial charge in [0.05, 0.1) is 6.07 Å². The first kappa shape index (κ1) is 15.4. The Labute approximate surface area is 145 Å². The summed E-state index contributed by atoms with van der Waals surface area (Å²) in [6.07, 6.45) is 5.78. The number of hydrogen-bond acceptors (Lipinski definition) is 6. The molecule has 2 aromatic heterocycles. The van der Waals surface area contributed by atoms with Crippen LogP contribution >= 0.6 is 0 Å². The molecule has 0 unspecified atom stereocenters. The lowest BCUT2D eigenvalue weighted by Gasteiger charge is -2.21. The lowest BCUT2D eigenvalue weighted by molar-refractivity contribution is -0.123. The van der Waals surface area contributed by atoms with E-state index in [-0.39, 0.29) is 11.8 Å². The Morgan fingerprint density at radius 3 is 2.64 bits per heavy atom. The number of nitriles is 1. The van der Waals surface area contributed by atoms with Gasteiger partial charge in [0.1, 0.15) is 17.1 Å². The standard InChI is InChI=1S/C18H18N6O/c19-11-18(12-1-2-12)5-8-24(17(18)25)14-4-7-22-16(10-14)23-15-9-13(20)3-6-21-15/h3-4,6-7,9-10,12H,1-2,5,8H2,(H3,20,21,22,23)/t18-/m1/s1. The van der Waals surface area contributed by atoms with E-state index in [1.54, 1.807) is 41.6 Å². The number of amides is 1. The van der Waals surface area contributed by atoms with Crippen LogP contribution in [0, 0.1) is 22.7 Å². The van der Waals surface area contributed by atoms with Crippen molar-refractivity contribution >= 4 is 28.9 Å². The quantitative estimate of drug-likeness (QED) is 0.889. The lowest BCUT2D eigenvalue weighted by atomic mass is 9.83. The summed E-state index contributed by atoms with van der Waals surface area (Å²) in [5, 5.41) is 12.7. The largest absolute Gasteiger partial charge is 0.399 e. The monoisotopic (exact) mass is 334 g/mol. The van der Waals surface area contributed by atoms with Gasteiger partial charge in [0.2, 0.25) is 5.91 Å². The van der Waals surface area contributed by atoms with Crippen LogP contribution in [0.1, 0.15) is 19.3 Å². The normalized spacial score (nSPS) is 22.7. The van der Waals surface area contributed by atoms with Gasteiger partial charge in [-0.2, -0.15) is 5.26 Å². The van der Waals surface area contributed by atoms with Crippen molar-refractivity contribution in [3.63, 3.8) is 0 Å². The molecule has 1 amide bonds. The molecule has 1 saturated heterocycles. The van der Waals surface area contributed by atoms with Crippen LogP contribution in [-0.4, -0.2) is 22.4 Å². The van der Waals surface area contributed by atoms with E-state index in [0.29, 0.717) is 30.3 Å². The summed E-state index contributed by atoms with van der Waals surface area (Å²) in [5.74, 6) is 1.29. The van der Waals surface area contributed by atoms with Crippen LogP contribution in [0.2, 0.25) is 0 Å². The Hall–Kier alpha value is -3.14. The van der Waals surface area contributed by atoms with Gasteiger partial charge in [0, 0.05) is 42.4 Å². The number of pyridine rings is 2. The molecule has 2 fully saturated rings. The molecule has 3 heterocycles. The summed E-state index contributed by atoms with van der Waals surface area (Å²) in [6.45, 7) is 0.558. The van der Waals surface area contributed by atoms with E-state index in [2.05, 4.69) is 21.4 Å². The zero-order valence-electron chi connectivity index (χ0n) is 13.6. The van der Waals surface area contributed by atoms with E-state index >= 15 is 0 Å². The fraction of sp³-hybridized carbons (Fsp3) is 0.333. The van der Waals surface area contributed by atoms with E-state index in [4.69, 9.17) is 5.73 Å². The molecule has 7 nitrogen and oxygen atoms in total. The van der Waals surface area contributed by atoms with Crippen LogP contribution in [0.15, 0.2) is 36.7 Å². The van der Waals surface area contributed by atoms with Crippen molar-refractivity contribution in [2.24, 2.45) is 11.3 Å². The van der Waals surface area contributed by atoms with Gasteiger partial charge in [0.25, 0.3) is 0 Å². The summed E-state index contributed by atoms with van der Waals surface area (Å²) >= 11 is 0. The molecular formula is C18H18N6O. The molecule has 1 aliphatic carbocycles. The molecule has 0 bridgehead atoms. The summed E-state index contributed by atoms with van der Waals surface area (Å²) in [5.41, 5.74) is 6.26. The third-order valence-corrected chi connectivity index (χ3v) is 4.93. The average molecular weight is 334 g/mol. The van der Waals surface area contributed by atoms with Crippen molar-refractivity contribution < 1.29 is 4.79 Å². The maximum absolute atomic E-state index is 12.9.